The number of Topliss-reactive ketones (excluding diaryl/α,β-unsaturated/α-hetero) is 1. The maximum absolute atomic E-state index is 13.6. The van der Waals surface area contributed by atoms with Crippen LogP contribution in [0.3, 0.4) is 0 Å². The van der Waals surface area contributed by atoms with Crippen molar-refractivity contribution < 1.29 is 23.5 Å². The van der Waals surface area contributed by atoms with Crippen molar-refractivity contribution in [1.82, 2.24) is 30.0 Å². The average Bonchev–Trinajstić information content (AvgIpc) is 3.57. The van der Waals surface area contributed by atoms with Gasteiger partial charge in [-0.15, -0.1) is 10.2 Å². The lowest BCUT2D eigenvalue weighted by Crippen LogP contribution is -2.46. The molecule has 0 aliphatic carbocycles. The van der Waals surface area contributed by atoms with Crippen molar-refractivity contribution in [1.29, 1.82) is 0 Å². The van der Waals surface area contributed by atoms with E-state index in [0.717, 1.165) is 28.1 Å². The van der Waals surface area contributed by atoms with Crippen molar-refractivity contribution in [3.8, 4) is 11.3 Å². The first-order chi connectivity index (χ1) is 22.0. The number of anilines is 1. The lowest BCUT2D eigenvalue weighted by atomic mass is 9.85. The van der Waals surface area contributed by atoms with E-state index in [1.807, 2.05) is 44.2 Å². The van der Waals surface area contributed by atoms with Gasteiger partial charge in [-0.3, -0.25) is 29.3 Å². The van der Waals surface area contributed by atoms with Crippen molar-refractivity contribution in [2.75, 3.05) is 12.4 Å². The van der Waals surface area contributed by atoms with Crippen LogP contribution in [0.2, 0.25) is 0 Å². The molecule has 0 bridgehead atoms. The number of carbonyl (C=O) groups is 3. The number of ether oxygens (including phenoxy) is 1. The number of rotatable bonds is 10. The number of carbonyl (C=O) groups excluding carboxylic acids is 3. The first kappa shape index (κ1) is 31.7. The van der Waals surface area contributed by atoms with Gasteiger partial charge in [0, 0.05) is 11.6 Å². The molecule has 0 aliphatic heterocycles. The highest BCUT2D eigenvalue weighted by atomic mass is 16.5. The van der Waals surface area contributed by atoms with Gasteiger partial charge in [0.05, 0.1) is 36.0 Å². The number of amides is 2. The maximum atomic E-state index is 13.6. The number of benzene rings is 2. The van der Waals surface area contributed by atoms with Crippen molar-refractivity contribution in [3.05, 3.63) is 101 Å². The number of para-hydroxylation sites is 1. The molecular weight excluding hydrogens is 590 g/mol. The Balaban J connectivity index is 1.39. The van der Waals surface area contributed by atoms with Crippen LogP contribution in [-0.2, 0) is 21.5 Å². The summed E-state index contributed by atoms with van der Waals surface area (Å²) in [5, 5.41) is 14.1. The van der Waals surface area contributed by atoms with E-state index in [1.165, 1.54) is 6.20 Å². The monoisotopic (exact) mass is 623 g/mol. The van der Waals surface area contributed by atoms with E-state index in [4.69, 9.17) is 4.42 Å². The molecule has 1 atom stereocenters. The van der Waals surface area contributed by atoms with E-state index >= 15 is 0 Å². The summed E-state index contributed by atoms with van der Waals surface area (Å²) in [5.41, 5.74) is 1.10. The van der Waals surface area contributed by atoms with Gasteiger partial charge in [-0.05, 0) is 43.0 Å². The van der Waals surface area contributed by atoms with Gasteiger partial charge in [0.15, 0.2) is 0 Å². The van der Waals surface area contributed by atoms with Gasteiger partial charge >= 0.3 is 6.09 Å². The highest BCUT2D eigenvalue weighted by Gasteiger charge is 2.34. The molecule has 0 fully saturated rings. The van der Waals surface area contributed by atoms with E-state index in [1.54, 1.807) is 50.4 Å². The van der Waals surface area contributed by atoms with Crippen LogP contribution in [0.1, 0.15) is 49.8 Å². The molecule has 236 valence electrons. The fourth-order valence-corrected chi connectivity index (χ4v) is 4.86. The van der Waals surface area contributed by atoms with E-state index in [0.29, 0.717) is 11.3 Å². The topological polar surface area (TPSA) is 171 Å². The molecular formula is C33H33N7O6. The molecule has 5 aromatic rings. The number of pyridine rings is 1. The Morgan fingerprint density at radius 1 is 0.978 bits per heavy atom. The summed E-state index contributed by atoms with van der Waals surface area (Å²) in [5.74, 6) is -1.95. The van der Waals surface area contributed by atoms with E-state index in [-0.39, 0.29) is 23.5 Å². The summed E-state index contributed by atoms with van der Waals surface area (Å²) in [6.07, 6.45) is 2.22. The van der Waals surface area contributed by atoms with Crippen LogP contribution >= 0.6 is 0 Å². The molecule has 2 N–H and O–H groups in total. The molecule has 13 nitrogen and oxygen atoms in total. The zero-order valence-corrected chi connectivity index (χ0v) is 26.0. The molecule has 46 heavy (non-hydrogen) atoms. The maximum Gasteiger partial charge on any atom is 0.412 e. The number of hydrogen-bond donors (Lipinski definition) is 2. The lowest BCUT2D eigenvalue weighted by Gasteiger charge is -2.22. The number of hydrogen-bond acceptors (Lipinski definition) is 10. The minimum Gasteiger partial charge on any atom is -0.453 e. The van der Waals surface area contributed by atoms with Crippen LogP contribution in [0, 0.1) is 5.92 Å². The van der Waals surface area contributed by atoms with E-state index in [2.05, 4.69) is 35.5 Å². The van der Waals surface area contributed by atoms with E-state index in [9.17, 15) is 19.2 Å². The second kappa shape index (κ2) is 13.1. The fraction of sp³-hybridized carbons (Fsp3) is 0.273. The summed E-state index contributed by atoms with van der Waals surface area (Å²) >= 11 is 0. The Bertz CT molecular complexity index is 1970. The third kappa shape index (κ3) is 6.53. The highest BCUT2D eigenvalue weighted by Crippen LogP contribution is 2.32. The Kier molecular flexibility index (Phi) is 9.03. The fourth-order valence-electron chi connectivity index (χ4n) is 4.86. The van der Waals surface area contributed by atoms with Crippen molar-refractivity contribution in [2.45, 2.75) is 45.7 Å². The Hall–Kier alpha value is -5.72. The Morgan fingerprint density at radius 2 is 1.70 bits per heavy atom. The molecule has 0 radical (unpaired) electrons. The van der Waals surface area contributed by atoms with Gasteiger partial charge in [-0.2, -0.15) is 0 Å². The predicted molar refractivity (Wildman–Crippen MR) is 169 cm³/mol. The van der Waals surface area contributed by atoms with Crippen LogP contribution in [0.15, 0.2) is 82.3 Å². The van der Waals surface area contributed by atoms with Crippen LogP contribution in [0.4, 0.5) is 10.6 Å². The molecule has 2 amide bonds. The Morgan fingerprint density at radius 3 is 2.41 bits per heavy atom. The van der Waals surface area contributed by atoms with Crippen LogP contribution < -0.4 is 16.2 Å². The third-order valence-corrected chi connectivity index (χ3v) is 7.58. The number of ketones is 1. The Labute approximate surface area is 264 Å². The van der Waals surface area contributed by atoms with Crippen molar-refractivity contribution in [2.24, 2.45) is 5.92 Å². The van der Waals surface area contributed by atoms with Gasteiger partial charge in [-0.1, -0.05) is 62.4 Å². The van der Waals surface area contributed by atoms with Crippen LogP contribution in [0.5, 0.6) is 0 Å². The largest absolute Gasteiger partial charge is 0.453 e. The van der Waals surface area contributed by atoms with Gasteiger partial charge in [-0.25, -0.2) is 9.78 Å². The number of fused-ring (bicyclic) bond motifs is 1. The number of aromatic nitrogens is 5. The molecule has 3 aromatic heterocycles. The van der Waals surface area contributed by atoms with Gasteiger partial charge in [0.1, 0.15) is 6.54 Å². The molecule has 0 saturated heterocycles. The third-order valence-electron chi connectivity index (χ3n) is 7.58. The first-order valence-electron chi connectivity index (χ1n) is 14.5. The van der Waals surface area contributed by atoms with E-state index < -0.39 is 41.3 Å². The summed E-state index contributed by atoms with van der Waals surface area (Å²) in [6, 6.07) is 17.5. The van der Waals surface area contributed by atoms with Crippen LogP contribution in [0.25, 0.3) is 22.2 Å². The molecule has 13 heteroatoms. The van der Waals surface area contributed by atoms with Gasteiger partial charge in [0.25, 0.3) is 11.4 Å². The normalized spacial score (nSPS) is 12.1. The predicted octanol–water partition coefficient (Wildman–Crippen LogP) is 4.37. The van der Waals surface area contributed by atoms with Gasteiger partial charge in [0.2, 0.25) is 23.4 Å². The number of methoxy groups -OCH3 is 1. The first-order valence-corrected chi connectivity index (χ1v) is 14.5. The minimum absolute atomic E-state index is 0.211. The second-order valence-electron chi connectivity index (χ2n) is 11.5. The highest BCUT2D eigenvalue weighted by molar-refractivity contribution is 5.98. The molecule has 0 spiro atoms. The van der Waals surface area contributed by atoms with Crippen molar-refractivity contribution >= 4 is 34.5 Å². The summed E-state index contributed by atoms with van der Waals surface area (Å²) in [7, 11) is 1.15. The molecule has 0 aliphatic rings. The molecule has 1 unspecified atom stereocenters. The number of nitrogens with zero attached hydrogens (tertiary/aromatic N) is 5. The zero-order valence-electron chi connectivity index (χ0n) is 26.0. The standard InChI is InChI=1S/C33H33N7O6/c1-19(2)26(27(42)29-38-39-31(46-29)33(3,4)22-15-21-13-9-10-14-23(21)34-16-22)36-25(41)18-40-24(20-11-7-6-8-12-20)17-35-28(30(40)43)37-32(44)45-5/h6-17,19,26H,18H2,1-5H3,(H,36,41)(H,35,37,44). The SMILES string of the molecule is COC(=O)Nc1ncc(-c2ccccc2)n(CC(=O)NC(C(=O)c2nnc(C(C)(C)c3cnc4ccccc4c3)o2)C(C)C)c1=O. The second-order valence-corrected chi connectivity index (χ2v) is 11.5. The lowest BCUT2D eigenvalue weighted by molar-refractivity contribution is -0.122. The van der Waals surface area contributed by atoms with Gasteiger partial charge < -0.3 is 14.5 Å². The van der Waals surface area contributed by atoms with Crippen molar-refractivity contribution in [3.63, 3.8) is 0 Å². The molecule has 0 saturated carbocycles. The zero-order chi connectivity index (χ0) is 33.0. The summed E-state index contributed by atoms with van der Waals surface area (Å²) < 4.78 is 11.6. The average molecular weight is 624 g/mol. The molecule has 3 heterocycles. The minimum atomic E-state index is -1.04. The smallest absolute Gasteiger partial charge is 0.412 e. The summed E-state index contributed by atoms with van der Waals surface area (Å²) in [4.78, 5) is 60.8. The number of nitrogens with one attached hydrogen (secondary N) is 2. The van der Waals surface area contributed by atoms with Crippen LogP contribution in [-0.4, -0.2) is 55.7 Å². The summed E-state index contributed by atoms with van der Waals surface area (Å²) in [6.45, 7) is 6.83. The molecule has 2 aromatic carbocycles. The quantitative estimate of drug-likeness (QED) is 0.213. The molecule has 5 rings (SSSR count).